The number of rotatable bonds is 18. The number of hydrogen-bond acceptors (Lipinski definition) is 5. The smallest absolute Gasteiger partial charge is 0.459 e. The molecule has 0 aromatic rings. The van der Waals surface area contributed by atoms with Crippen LogP contribution in [0.2, 0.25) is 0 Å². The average molecular weight is 497 g/mol. The third-order valence-corrected chi connectivity index (χ3v) is 5.71. The molecule has 0 heterocycles. The van der Waals surface area contributed by atoms with Gasteiger partial charge in [0.1, 0.15) is 6.54 Å². The van der Waals surface area contributed by atoms with Gasteiger partial charge in [-0.25, -0.2) is 9.36 Å². The van der Waals surface area contributed by atoms with Crippen LogP contribution in [0.3, 0.4) is 0 Å². The summed E-state index contributed by atoms with van der Waals surface area (Å²) in [5.74, 6) is 0.270. The number of hydrogen-bond donors (Lipinski definition) is 3. The van der Waals surface area contributed by atoms with Gasteiger partial charge in [0.2, 0.25) is 0 Å². The van der Waals surface area contributed by atoms with Crippen molar-refractivity contribution in [1.82, 2.24) is 0 Å². The van der Waals surface area contributed by atoms with Crippen LogP contribution in [-0.4, -0.2) is 72.4 Å². The Labute approximate surface area is 202 Å². The number of carbonyl (C=O) groups is 1. The first-order chi connectivity index (χ1) is 15.2. The number of nitrogens with zero attached hydrogens (tertiary/aromatic N) is 1. The second-order valence-corrected chi connectivity index (χ2v) is 11.1. The quantitative estimate of drug-likeness (QED) is 0.0819. The Morgan fingerprint density at radius 2 is 1.55 bits per heavy atom. The summed E-state index contributed by atoms with van der Waals surface area (Å²) in [4.78, 5) is 28.7. The largest absolute Gasteiger partial charge is 0.469 e. The monoisotopic (exact) mass is 496 g/mol. The molecule has 0 aromatic carbocycles. The molecule has 0 aliphatic rings. The molecule has 0 aromatic heterocycles. The predicted molar refractivity (Wildman–Crippen MR) is 134 cm³/mol. The normalized spacial score (nSPS) is 13.6. The Kier molecular flexibility index (Phi) is 20.4. The highest BCUT2D eigenvalue weighted by atomic mass is 31.2. The number of carbonyl (C=O) groups excluding carboxylic acids is 1. The number of esters is 1. The Morgan fingerprint density at radius 3 is 1.94 bits per heavy atom. The second-order valence-electron chi connectivity index (χ2n) is 9.83. The van der Waals surface area contributed by atoms with Gasteiger partial charge >= 0.3 is 13.8 Å². The van der Waals surface area contributed by atoms with Crippen LogP contribution in [0.1, 0.15) is 85.0 Å². The molecule has 8 nitrogen and oxygen atoms in total. The number of ether oxygens (including phenoxy) is 1. The molecule has 0 spiro atoms. The highest BCUT2D eigenvalue weighted by Gasteiger charge is 2.15. The van der Waals surface area contributed by atoms with Crippen LogP contribution in [0.5, 0.6) is 0 Å². The van der Waals surface area contributed by atoms with Crippen molar-refractivity contribution in [3.8, 4) is 0 Å². The van der Waals surface area contributed by atoms with Crippen LogP contribution in [0.15, 0.2) is 12.2 Å². The van der Waals surface area contributed by atoms with Crippen molar-refractivity contribution in [1.29, 1.82) is 0 Å². The van der Waals surface area contributed by atoms with Gasteiger partial charge < -0.3 is 24.1 Å². The standard InChI is InChI=1S/C19H37O6P.C5H14NO/c1-5-18(15-17(4)25-19(20)16(2)3)13-11-9-7-6-8-10-12-14-24-26(21,22)23;1-6(2,3)4-5-7/h17-18H,2,5-15H2,1,3-4H3,(H2,21,22,23);7H,4-5H2,1-3H3/q;+1. The molecule has 0 radical (unpaired) electrons. The molecule has 9 heteroatoms. The van der Waals surface area contributed by atoms with E-state index in [2.05, 4.69) is 39.2 Å². The topological polar surface area (TPSA) is 113 Å². The highest BCUT2D eigenvalue weighted by Crippen LogP contribution is 2.35. The van der Waals surface area contributed by atoms with Gasteiger partial charge in [-0.3, -0.25) is 4.52 Å². The van der Waals surface area contributed by atoms with E-state index in [1.807, 2.05) is 6.92 Å². The zero-order chi connectivity index (χ0) is 25.9. The molecule has 3 N–H and O–H groups in total. The van der Waals surface area contributed by atoms with E-state index in [9.17, 15) is 9.36 Å². The van der Waals surface area contributed by atoms with Crippen LogP contribution in [0.25, 0.3) is 0 Å². The van der Waals surface area contributed by atoms with Crippen LogP contribution in [0.4, 0.5) is 0 Å². The number of phosphoric acid groups is 1. The van der Waals surface area contributed by atoms with Crippen molar-refractivity contribution in [2.45, 2.75) is 91.1 Å². The van der Waals surface area contributed by atoms with E-state index in [-0.39, 0.29) is 25.3 Å². The molecular formula is C24H51NO7P+. The van der Waals surface area contributed by atoms with Gasteiger partial charge in [-0.05, 0) is 32.6 Å². The fourth-order valence-corrected chi connectivity index (χ4v) is 3.56. The number of unbranched alkanes of at least 4 members (excludes halogenated alkanes) is 6. The zero-order valence-corrected chi connectivity index (χ0v) is 22.8. The summed E-state index contributed by atoms with van der Waals surface area (Å²) in [6.07, 6.45) is 10.4. The number of quaternary nitrogens is 1. The lowest BCUT2D eigenvalue weighted by Crippen LogP contribution is -2.36. The maximum atomic E-state index is 11.5. The molecule has 0 amide bonds. The summed E-state index contributed by atoms with van der Waals surface area (Å²) in [7, 11) is 1.85. The third kappa shape index (κ3) is 27.4. The summed E-state index contributed by atoms with van der Waals surface area (Å²) < 4.78 is 21.1. The minimum atomic E-state index is -4.30. The van der Waals surface area contributed by atoms with E-state index in [0.717, 1.165) is 49.6 Å². The van der Waals surface area contributed by atoms with Crippen molar-refractivity contribution in [3.63, 3.8) is 0 Å². The minimum absolute atomic E-state index is 0.0699. The van der Waals surface area contributed by atoms with Gasteiger partial charge in [0.25, 0.3) is 0 Å². The number of aliphatic hydroxyl groups is 1. The first-order valence-corrected chi connectivity index (χ1v) is 13.7. The second kappa shape index (κ2) is 19.5. The van der Waals surface area contributed by atoms with Crippen LogP contribution >= 0.6 is 7.82 Å². The summed E-state index contributed by atoms with van der Waals surface area (Å²) in [5, 5.41) is 8.39. The highest BCUT2D eigenvalue weighted by molar-refractivity contribution is 7.46. The van der Waals surface area contributed by atoms with E-state index in [1.165, 1.54) is 19.3 Å². The lowest BCUT2D eigenvalue weighted by atomic mass is 9.92. The van der Waals surface area contributed by atoms with E-state index in [0.29, 0.717) is 17.9 Å². The van der Waals surface area contributed by atoms with E-state index >= 15 is 0 Å². The van der Waals surface area contributed by atoms with Crippen molar-refractivity contribution in [2.24, 2.45) is 5.92 Å². The SMILES string of the molecule is C=C(C)C(=O)OC(C)CC(CC)CCCCCCCCCOP(=O)(O)O.C[N+](C)(C)CCO. The predicted octanol–water partition coefficient (Wildman–Crippen LogP) is 4.83. The van der Waals surface area contributed by atoms with E-state index < -0.39 is 7.82 Å². The van der Waals surface area contributed by atoms with E-state index in [4.69, 9.17) is 19.6 Å². The van der Waals surface area contributed by atoms with Crippen LogP contribution in [0, 0.1) is 5.92 Å². The molecule has 0 aliphatic carbocycles. The Bertz CT molecular complexity index is 558. The fraction of sp³-hybridized carbons (Fsp3) is 0.875. The molecule has 2 atom stereocenters. The maximum Gasteiger partial charge on any atom is 0.469 e. The van der Waals surface area contributed by atoms with Crippen molar-refractivity contribution in [3.05, 3.63) is 12.2 Å². The summed E-state index contributed by atoms with van der Waals surface area (Å²) in [5.41, 5.74) is 0.443. The molecule has 0 saturated carbocycles. The van der Waals surface area contributed by atoms with Crippen molar-refractivity contribution >= 4 is 13.8 Å². The minimum Gasteiger partial charge on any atom is -0.459 e. The van der Waals surface area contributed by atoms with E-state index in [1.54, 1.807) is 6.92 Å². The van der Waals surface area contributed by atoms with Crippen LogP contribution < -0.4 is 0 Å². The molecule has 0 bridgehead atoms. The lowest BCUT2D eigenvalue weighted by molar-refractivity contribution is -0.870. The molecule has 33 heavy (non-hydrogen) atoms. The van der Waals surface area contributed by atoms with Crippen molar-refractivity contribution < 1.29 is 38.0 Å². The van der Waals surface area contributed by atoms with Gasteiger partial charge in [-0.2, -0.15) is 0 Å². The Balaban J connectivity index is 0. The molecule has 0 aliphatic heterocycles. The summed E-state index contributed by atoms with van der Waals surface area (Å²) in [6, 6.07) is 0. The molecule has 2 unspecified atom stereocenters. The van der Waals surface area contributed by atoms with Gasteiger partial charge in [0, 0.05) is 5.57 Å². The Morgan fingerprint density at radius 1 is 1.03 bits per heavy atom. The average Bonchev–Trinajstić information content (AvgIpc) is 2.66. The molecule has 0 fully saturated rings. The summed E-state index contributed by atoms with van der Waals surface area (Å²) >= 11 is 0. The fourth-order valence-electron chi connectivity index (χ4n) is 3.19. The van der Waals surface area contributed by atoms with Gasteiger partial charge in [0.15, 0.2) is 0 Å². The Hall–Kier alpha value is -0.760. The maximum absolute atomic E-state index is 11.5. The first-order valence-electron chi connectivity index (χ1n) is 12.2. The molecule has 0 saturated heterocycles. The van der Waals surface area contributed by atoms with Gasteiger partial charge in [-0.1, -0.05) is 64.9 Å². The molecule has 198 valence electrons. The molecular weight excluding hydrogens is 445 g/mol. The first kappa shape index (κ1) is 34.4. The number of likely N-dealkylation sites (N-methyl/N-ethyl adjacent to an activating group) is 1. The van der Waals surface area contributed by atoms with Crippen molar-refractivity contribution in [2.75, 3.05) is 40.9 Å². The molecule has 0 rings (SSSR count). The lowest BCUT2D eigenvalue weighted by Gasteiger charge is -2.21. The van der Waals surface area contributed by atoms with Gasteiger partial charge in [0.05, 0.1) is 40.5 Å². The van der Waals surface area contributed by atoms with Gasteiger partial charge in [-0.15, -0.1) is 0 Å². The zero-order valence-electron chi connectivity index (χ0n) is 21.9. The third-order valence-electron chi connectivity index (χ3n) is 5.19. The van der Waals surface area contributed by atoms with Crippen LogP contribution in [-0.2, 0) is 18.6 Å². The number of phosphoric ester groups is 1. The summed E-state index contributed by atoms with van der Waals surface area (Å²) in [6.45, 7) is 10.6. The number of aliphatic hydroxyl groups excluding tert-OH is 1.